The van der Waals surface area contributed by atoms with Crippen LogP contribution in [0.5, 0.6) is 11.5 Å². The van der Waals surface area contributed by atoms with E-state index in [4.69, 9.17) is 9.84 Å². The number of ether oxygens (including phenoxy) is 1. The molecule has 104 valence electrons. The number of hydrogen-bond donors (Lipinski definition) is 2. The van der Waals surface area contributed by atoms with E-state index in [1.165, 1.54) is 25.1 Å². The molecule has 0 saturated carbocycles. The number of halogens is 1. The van der Waals surface area contributed by atoms with E-state index in [0.29, 0.717) is 17.0 Å². The predicted molar refractivity (Wildman–Crippen MR) is 73.1 cm³/mol. The maximum atomic E-state index is 13.4. The first-order valence-corrected chi connectivity index (χ1v) is 6.03. The van der Waals surface area contributed by atoms with Crippen molar-refractivity contribution in [2.75, 3.05) is 5.32 Å². The third kappa shape index (κ3) is 3.55. The summed E-state index contributed by atoms with van der Waals surface area (Å²) in [6.07, 6.45) is 0. The average Bonchev–Trinajstić information content (AvgIpc) is 2.39. The number of nitrogens with one attached hydrogen (secondary N) is 1. The van der Waals surface area contributed by atoms with Crippen LogP contribution in [0.1, 0.15) is 12.5 Å². The first-order chi connectivity index (χ1) is 9.58. The highest BCUT2D eigenvalue weighted by molar-refractivity contribution is 5.90. The van der Waals surface area contributed by atoms with Crippen molar-refractivity contribution in [1.29, 1.82) is 0 Å². The summed E-state index contributed by atoms with van der Waals surface area (Å²) in [5, 5.41) is 11.7. The lowest BCUT2D eigenvalue weighted by Crippen LogP contribution is -2.06. The first kappa shape index (κ1) is 14.0. The van der Waals surface area contributed by atoms with Gasteiger partial charge in [0.05, 0.1) is 12.3 Å². The zero-order valence-corrected chi connectivity index (χ0v) is 10.9. The maximum Gasteiger partial charge on any atom is 0.221 e. The highest BCUT2D eigenvalue weighted by Gasteiger charge is 2.07. The van der Waals surface area contributed by atoms with Crippen LogP contribution in [0.4, 0.5) is 10.1 Å². The third-order valence-electron chi connectivity index (χ3n) is 2.54. The van der Waals surface area contributed by atoms with Gasteiger partial charge in [-0.25, -0.2) is 4.39 Å². The number of amides is 1. The SMILES string of the molecule is CC(=O)Nc1ccccc1Oc1cc(F)cc(CO)c1. The molecule has 0 fully saturated rings. The Bertz CT molecular complexity index is 628. The van der Waals surface area contributed by atoms with E-state index in [1.807, 2.05) is 0 Å². The zero-order chi connectivity index (χ0) is 14.5. The second kappa shape index (κ2) is 6.16. The van der Waals surface area contributed by atoms with E-state index in [-0.39, 0.29) is 18.3 Å². The standard InChI is InChI=1S/C15H14FNO3/c1-10(19)17-14-4-2-3-5-15(14)20-13-7-11(9-18)6-12(16)8-13/h2-8,18H,9H2,1H3,(H,17,19). The second-order valence-electron chi connectivity index (χ2n) is 4.23. The summed E-state index contributed by atoms with van der Waals surface area (Å²) in [4.78, 5) is 11.1. The summed E-state index contributed by atoms with van der Waals surface area (Å²) in [6, 6.07) is 10.8. The fourth-order valence-corrected chi connectivity index (χ4v) is 1.75. The van der Waals surface area contributed by atoms with Crippen LogP contribution in [-0.4, -0.2) is 11.0 Å². The molecule has 0 spiro atoms. The Labute approximate surface area is 115 Å². The van der Waals surface area contributed by atoms with Crippen molar-refractivity contribution in [2.45, 2.75) is 13.5 Å². The Morgan fingerprint density at radius 2 is 2.05 bits per heavy atom. The van der Waals surface area contributed by atoms with Gasteiger partial charge in [0.25, 0.3) is 0 Å². The Morgan fingerprint density at radius 1 is 1.30 bits per heavy atom. The lowest BCUT2D eigenvalue weighted by atomic mass is 10.2. The smallest absolute Gasteiger partial charge is 0.221 e. The molecule has 0 aliphatic heterocycles. The third-order valence-corrected chi connectivity index (χ3v) is 2.54. The predicted octanol–water partition coefficient (Wildman–Crippen LogP) is 3.07. The monoisotopic (exact) mass is 275 g/mol. The van der Waals surface area contributed by atoms with E-state index >= 15 is 0 Å². The molecular formula is C15H14FNO3. The molecule has 2 aromatic rings. The molecular weight excluding hydrogens is 261 g/mol. The Balaban J connectivity index is 2.30. The number of hydrogen-bond acceptors (Lipinski definition) is 3. The van der Waals surface area contributed by atoms with Crippen molar-refractivity contribution < 1.29 is 19.0 Å². The highest BCUT2D eigenvalue weighted by Crippen LogP contribution is 2.30. The molecule has 1 amide bonds. The van der Waals surface area contributed by atoms with Crippen LogP contribution in [0.25, 0.3) is 0 Å². The van der Waals surface area contributed by atoms with Crippen LogP contribution in [0, 0.1) is 5.82 Å². The molecule has 0 heterocycles. The van der Waals surface area contributed by atoms with Crippen molar-refractivity contribution in [3.05, 3.63) is 53.8 Å². The normalized spacial score (nSPS) is 10.2. The minimum atomic E-state index is -0.497. The highest BCUT2D eigenvalue weighted by atomic mass is 19.1. The lowest BCUT2D eigenvalue weighted by Gasteiger charge is -2.12. The van der Waals surface area contributed by atoms with E-state index in [9.17, 15) is 9.18 Å². The quantitative estimate of drug-likeness (QED) is 0.901. The summed E-state index contributed by atoms with van der Waals surface area (Å²) in [6.45, 7) is 1.12. The van der Waals surface area contributed by atoms with E-state index < -0.39 is 5.82 Å². The van der Waals surface area contributed by atoms with Crippen LogP contribution >= 0.6 is 0 Å². The zero-order valence-electron chi connectivity index (χ0n) is 10.9. The second-order valence-corrected chi connectivity index (χ2v) is 4.23. The van der Waals surface area contributed by atoms with Gasteiger partial charge in [-0.15, -0.1) is 0 Å². The topological polar surface area (TPSA) is 58.6 Å². The number of rotatable bonds is 4. The molecule has 2 rings (SSSR count). The minimum absolute atomic E-state index is 0.226. The fraction of sp³-hybridized carbons (Fsp3) is 0.133. The molecule has 20 heavy (non-hydrogen) atoms. The van der Waals surface area contributed by atoms with Crippen LogP contribution in [0.2, 0.25) is 0 Å². The minimum Gasteiger partial charge on any atom is -0.455 e. The summed E-state index contributed by atoms with van der Waals surface area (Å²) < 4.78 is 18.9. The molecule has 5 heteroatoms. The average molecular weight is 275 g/mol. The van der Waals surface area contributed by atoms with Crippen molar-refractivity contribution in [3.63, 3.8) is 0 Å². The largest absolute Gasteiger partial charge is 0.455 e. The number of para-hydroxylation sites is 2. The number of aliphatic hydroxyl groups is 1. The fourth-order valence-electron chi connectivity index (χ4n) is 1.75. The Hall–Kier alpha value is -2.40. The van der Waals surface area contributed by atoms with Crippen molar-refractivity contribution in [3.8, 4) is 11.5 Å². The Morgan fingerprint density at radius 3 is 2.75 bits per heavy atom. The van der Waals surface area contributed by atoms with Gasteiger partial charge in [-0.2, -0.15) is 0 Å². The van der Waals surface area contributed by atoms with Gasteiger partial charge in [0.1, 0.15) is 11.6 Å². The number of carbonyl (C=O) groups is 1. The molecule has 2 N–H and O–H groups in total. The number of benzene rings is 2. The van der Waals surface area contributed by atoms with E-state index in [1.54, 1.807) is 24.3 Å². The maximum absolute atomic E-state index is 13.4. The summed E-state index contributed by atoms with van der Waals surface area (Å²) in [5.41, 5.74) is 0.909. The first-order valence-electron chi connectivity index (χ1n) is 6.03. The van der Waals surface area contributed by atoms with Gasteiger partial charge >= 0.3 is 0 Å². The molecule has 0 atom stereocenters. The van der Waals surface area contributed by atoms with E-state index in [0.717, 1.165) is 0 Å². The van der Waals surface area contributed by atoms with Crippen LogP contribution < -0.4 is 10.1 Å². The van der Waals surface area contributed by atoms with Crippen molar-refractivity contribution >= 4 is 11.6 Å². The summed E-state index contributed by atoms with van der Waals surface area (Å²) >= 11 is 0. The van der Waals surface area contributed by atoms with Crippen LogP contribution in [0.15, 0.2) is 42.5 Å². The van der Waals surface area contributed by atoms with Gasteiger partial charge in [0.15, 0.2) is 5.75 Å². The van der Waals surface area contributed by atoms with Gasteiger partial charge in [-0.3, -0.25) is 4.79 Å². The number of aliphatic hydroxyl groups excluding tert-OH is 1. The number of carbonyl (C=O) groups excluding carboxylic acids is 1. The van der Waals surface area contributed by atoms with Gasteiger partial charge < -0.3 is 15.2 Å². The molecule has 0 aliphatic rings. The summed E-state index contributed by atoms with van der Waals surface area (Å²) in [7, 11) is 0. The molecule has 0 radical (unpaired) electrons. The molecule has 0 bridgehead atoms. The molecule has 4 nitrogen and oxygen atoms in total. The molecule has 0 aromatic heterocycles. The molecule has 0 aliphatic carbocycles. The Kier molecular flexibility index (Phi) is 4.32. The number of anilines is 1. The van der Waals surface area contributed by atoms with Gasteiger partial charge in [0.2, 0.25) is 5.91 Å². The van der Waals surface area contributed by atoms with Gasteiger partial charge in [-0.05, 0) is 29.8 Å². The molecule has 0 unspecified atom stereocenters. The van der Waals surface area contributed by atoms with Crippen molar-refractivity contribution in [2.24, 2.45) is 0 Å². The van der Waals surface area contributed by atoms with Gasteiger partial charge in [0, 0.05) is 13.0 Å². The lowest BCUT2D eigenvalue weighted by molar-refractivity contribution is -0.114. The molecule has 2 aromatic carbocycles. The molecule has 0 saturated heterocycles. The van der Waals surface area contributed by atoms with Gasteiger partial charge in [-0.1, -0.05) is 12.1 Å². The van der Waals surface area contributed by atoms with Crippen LogP contribution in [0.3, 0.4) is 0 Å². The van der Waals surface area contributed by atoms with Crippen LogP contribution in [-0.2, 0) is 11.4 Å². The van der Waals surface area contributed by atoms with E-state index in [2.05, 4.69) is 5.32 Å². The van der Waals surface area contributed by atoms with Crippen molar-refractivity contribution in [1.82, 2.24) is 0 Å². The summed E-state index contributed by atoms with van der Waals surface area (Å²) in [5.74, 6) is -0.0658.